The van der Waals surface area contributed by atoms with Crippen LogP contribution in [0.3, 0.4) is 0 Å². The molecular weight excluding hydrogens is 277 g/mol. The van der Waals surface area contributed by atoms with Gasteiger partial charge >= 0.3 is 12.1 Å². The highest BCUT2D eigenvalue weighted by Crippen LogP contribution is 2.35. The van der Waals surface area contributed by atoms with E-state index in [1.807, 2.05) is 0 Å². The lowest BCUT2D eigenvalue weighted by molar-refractivity contribution is -0.155. The first-order chi connectivity index (χ1) is 9.08. The Morgan fingerprint density at radius 3 is 2.50 bits per heavy atom. The van der Waals surface area contributed by atoms with Crippen molar-refractivity contribution in [2.24, 2.45) is 0 Å². The van der Waals surface area contributed by atoms with Gasteiger partial charge in [0.15, 0.2) is 5.60 Å². The number of nitriles is 1. The van der Waals surface area contributed by atoms with E-state index in [2.05, 4.69) is 5.32 Å². The summed E-state index contributed by atoms with van der Waals surface area (Å²) in [6.45, 7) is 0.344. The molecule has 3 N–H and O–H groups in total. The zero-order valence-corrected chi connectivity index (χ0v) is 10.3. The molecule has 1 unspecified atom stereocenters. The van der Waals surface area contributed by atoms with E-state index in [0.717, 1.165) is 19.1 Å². The van der Waals surface area contributed by atoms with E-state index < -0.39 is 35.5 Å². The van der Waals surface area contributed by atoms with Gasteiger partial charge in [-0.15, -0.1) is 0 Å². The molecule has 0 saturated heterocycles. The van der Waals surface area contributed by atoms with Crippen molar-refractivity contribution in [1.29, 1.82) is 5.26 Å². The lowest BCUT2D eigenvalue weighted by Crippen LogP contribution is -2.42. The third-order valence-corrected chi connectivity index (χ3v) is 2.54. The van der Waals surface area contributed by atoms with Crippen molar-refractivity contribution in [3.63, 3.8) is 0 Å². The van der Waals surface area contributed by atoms with Crippen LogP contribution in [-0.2, 0) is 11.0 Å². The molecule has 1 atom stereocenters. The minimum absolute atomic E-state index is 0.173. The van der Waals surface area contributed by atoms with E-state index in [1.54, 1.807) is 6.07 Å². The number of carbonyl (C=O) groups is 1. The van der Waals surface area contributed by atoms with E-state index in [-0.39, 0.29) is 5.56 Å². The molecular formula is C12H11F3N2O3. The monoisotopic (exact) mass is 288 g/mol. The maximum atomic E-state index is 12.8. The van der Waals surface area contributed by atoms with E-state index in [0.29, 0.717) is 6.07 Å². The van der Waals surface area contributed by atoms with Gasteiger partial charge in [-0.1, -0.05) is 0 Å². The minimum atomic E-state index is -4.70. The number of hydrogen-bond acceptors (Lipinski definition) is 4. The van der Waals surface area contributed by atoms with E-state index in [9.17, 15) is 23.1 Å². The summed E-state index contributed by atoms with van der Waals surface area (Å²) in [5.41, 5.74) is -3.89. The van der Waals surface area contributed by atoms with Crippen molar-refractivity contribution in [3.05, 3.63) is 29.3 Å². The topological polar surface area (TPSA) is 93.4 Å². The number of aliphatic hydroxyl groups is 1. The summed E-state index contributed by atoms with van der Waals surface area (Å²) in [5.74, 6) is -1.56. The van der Waals surface area contributed by atoms with Gasteiger partial charge in [-0.3, -0.25) is 0 Å². The van der Waals surface area contributed by atoms with Crippen LogP contribution in [-0.4, -0.2) is 28.3 Å². The average molecular weight is 288 g/mol. The fraction of sp³-hybridized carbons (Fsp3) is 0.333. The Balaban J connectivity index is 3.08. The lowest BCUT2D eigenvalue weighted by atomic mass is 10.1. The number of halogens is 3. The number of anilines is 1. The molecule has 20 heavy (non-hydrogen) atoms. The minimum Gasteiger partial charge on any atom is -0.479 e. The predicted octanol–water partition coefficient (Wildman–Crippen LogP) is 1.82. The summed E-state index contributed by atoms with van der Waals surface area (Å²) in [6.07, 6.45) is -4.70. The van der Waals surface area contributed by atoms with Gasteiger partial charge in [0.05, 0.1) is 23.7 Å². The largest absolute Gasteiger partial charge is 0.479 e. The molecule has 8 heteroatoms. The first kappa shape index (κ1) is 15.8. The van der Waals surface area contributed by atoms with Gasteiger partial charge in [-0.2, -0.15) is 18.4 Å². The first-order valence-corrected chi connectivity index (χ1v) is 5.39. The van der Waals surface area contributed by atoms with Gasteiger partial charge in [-0.05, 0) is 25.1 Å². The highest BCUT2D eigenvalue weighted by molar-refractivity contribution is 5.77. The van der Waals surface area contributed by atoms with Crippen LogP contribution in [0.5, 0.6) is 0 Å². The summed E-state index contributed by atoms with van der Waals surface area (Å²) >= 11 is 0. The number of nitrogens with one attached hydrogen (secondary N) is 1. The normalized spacial score (nSPS) is 14.2. The third kappa shape index (κ3) is 3.61. The molecule has 0 aliphatic heterocycles. The van der Waals surface area contributed by atoms with Gasteiger partial charge in [-0.25, -0.2) is 4.79 Å². The maximum Gasteiger partial charge on any atom is 0.418 e. The number of nitrogens with zero attached hydrogens (tertiary/aromatic N) is 1. The standard InChI is InChI=1S/C12H11F3N2O3/c1-11(20,10(18)19)6-17-9-3-2-7(5-16)4-8(9)12(13,14)15/h2-4,17,20H,6H2,1H3,(H,18,19). The van der Waals surface area contributed by atoms with Crippen LogP contribution in [0.15, 0.2) is 18.2 Å². The Bertz CT molecular complexity index is 562. The Hall–Kier alpha value is -2.27. The number of carboxylic acids is 1. The van der Waals surface area contributed by atoms with Crippen molar-refractivity contribution in [3.8, 4) is 6.07 Å². The quantitative estimate of drug-likeness (QED) is 0.785. The number of benzene rings is 1. The molecule has 1 aromatic carbocycles. The summed E-state index contributed by atoms with van der Waals surface area (Å²) in [5, 5.41) is 29.0. The average Bonchev–Trinajstić information content (AvgIpc) is 2.35. The van der Waals surface area contributed by atoms with Crippen LogP contribution >= 0.6 is 0 Å². The van der Waals surface area contributed by atoms with E-state index >= 15 is 0 Å². The molecule has 0 radical (unpaired) electrons. The van der Waals surface area contributed by atoms with Gasteiger partial charge in [0.25, 0.3) is 0 Å². The molecule has 1 aromatic rings. The number of hydrogen-bond donors (Lipinski definition) is 3. The van der Waals surface area contributed by atoms with Crippen molar-refractivity contribution in [2.45, 2.75) is 18.7 Å². The van der Waals surface area contributed by atoms with E-state index in [1.165, 1.54) is 0 Å². The molecule has 0 aromatic heterocycles. The summed E-state index contributed by atoms with van der Waals surface area (Å²) in [6, 6.07) is 4.41. The molecule has 0 spiro atoms. The molecule has 1 rings (SSSR count). The second-order valence-electron chi connectivity index (χ2n) is 4.30. The molecule has 0 heterocycles. The second kappa shape index (κ2) is 5.38. The summed E-state index contributed by atoms with van der Waals surface area (Å²) in [7, 11) is 0. The number of rotatable bonds is 4. The summed E-state index contributed by atoms with van der Waals surface area (Å²) < 4.78 is 38.4. The molecule has 0 bridgehead atoms. The smallest absolute Gasteiger partial charge is 0.418 e. The molecule has 0 amide bonds. The van der Waals surface area contributed by atoms with Crippen LogP contribution in [0.25, 0.3) is 0 Å². The SMILES string of the molecule is CC(O)(CNc1ccc(C#N)cc1C(F)(F)F)C(=O)O. The van der Waals surface area contributed by atoms with Crippen molar-refractivity contribution in [1.82, 2.24) is 0 Å². The van der Waals surface area contributed by atoms with Crippen LogP contribution in [0.1, 0.15) is 18.1 Å². The van der Waals surface area contributed by atoms with Crippen LogP contribution in [0.2, 0.25) is 0 Å². The zero-order valence-electron chi connectivity index (χ0n) is 10.3. The fourth-order valence-electron chi connectivity index (χ4n) is 1.35. The third-order valence-electron chi connectivity index (χ3n) is 2.54. The maximum absolute atomic E-state index is 12.8. The van der Waals surface area contributed by atoms with Crippen molar-refractivity contribution in [2.75, 3.05) is 11.9 Å². The van der Waals surface area contributed by atoms with Gasteiger partial charge in [0.2, 0.25) is 0 Å². The van der Waals surface area contributed by atoms with Crippen LogP contribution in [0.4, 0.5) is 18.9 Å². The van der Waals surface area contributed by atoms with Crippen molar-refractivity contribution >= 4 is 11.7 Å². The molecule has 5 nitrogen and oxygen atoms in total. The number of aliphatic carboxylic acids is 1. The highest BCUT2D eigenvalue weighted by atomic mass is 19.4. The van der Waals surface area contributed by atoms with E-state index in [4.69, 9.17) is 10.4 Å². The Morgan fingerprint density at radius 1 is 1.45 bits per heavy atom. The fourth-order valence-corrected chi connectivity index (χ4v) is 1.35. The molecule has 0 saturated carbocycles. The van der Waals surface area contributed by atoms with Gasteiger partial charge in [0, 0.05) is 5.69 Å². The Morgan fingerprint density at radius 2 is 2.05 bits per heavy atom. The first-order valence-electron chi connectivity index (χ1n) is 5.39. The Kier molecular flexibility index (Phi) is 4.25. The summed E-state index contributed by atoms with van der Waals surface area (Å²) in [4.78, 5) is 10.7. The van der Waals surface area contributed by atoms with Crippen LogP contribution in [0, 0.1) is 11.3 Å². The number of carboxylic acid groups (broad SMARTS) is 1. The predicted molar refractivity (Wildman–Crippen MR) is 62.9 cm³/mol. The molecule has 0 aliphatic rings. The Labute approximate surface area is 112 Å². The highest BCUT2D eigenvalue weighted by Gasteiger charge is 2.35. The molecule has 108 valence electrons. The van der Waals surface area contributed by atoms with Gasteiger partial charge < -0.3 is 15.5 Å². The lowest BCUT2D eigenvalue weighted by Gasteiger charge is -2.21. The van der Waals surface area contributed by atoms with Gasteiger partial charge in [0.1, 0.15) is 0 Å². The molecule has 0 fully saturated rings. The molecule has 0 aliphatic carbocycles. The second-order valence-corrected chi connectivity index (χ2v) is 4.30. The van der Waals surface area contributed by atoms with Crippen LogP contribution < -0.4 is 5.32 Å². The zero-order chi connectivity index (χ0) is 15.6. The number of alkyl halides is 3. The van der Waals surface area contributed by atoms with Crippen molar-refractivity contribution < 1.29 is 28.2 Å².